The molecule has 0 unspecified atom stereocenters. The first-order valence-electron chi connectivity index (χ1n) is 7.73. The van der Waals surface area contributed by atoms with Gasteiger partial charge in [0.15, 0.2) is 0 Å². The van der Waals surface area contributed by atoms with Crippen molar-refractivity contribution < 1.29 is 14.6 Å². The van der Waals surface area contributed by atoms with Gasteiger partial charge in [0.2, 0.25) is 0 Å². The fourth-order valence-corrected chi connectivity index (χ4v) is 3.16. The standard InChI is InChI=1S/C19H18N2O3S/c1-12-7-9-13(10-8-12)25-11-16(22)17(19(23)24-2)18-20-14-5-3-4-6-15(14)21-18/h3-10,22H,11H2,1-2H3,(H,20,21)/b17-16+. The number of aryl methyl sites for hydroxylation is 1. The molecule has 1 heterocycles. The maximum absolute atomic E-state index is 12.2. The SMILES string of the molecule is COC(=O)/C(=C(/O)CSc1ccc(C)cc1)c1nc2ccccc2[nH]1. The number of carbonyl (C=O) groups excluding carboxylic acids is 1. The van der Waals surface area contributed by atoms with Gasteiger partial charge in [-0.05, 0) is 31.2 Å². The minimum Gasteiger partial charge on any atom is -0.510 e. The molecule has 0 aliphatic carbocycles. The summed E-state index contributed by atoms with van der Waals surface area (Å²) in [5, 5.41) is 10.5. The molecule has 1 aromatic heterocycles. The highest BCUT2D eigenvalue weighted by molar-refractivity contribution is 7.99. The molecule has 0 amide bonds. The molecule has 3 aromatic rings. The lowest BCUT2D eigenvalue weighted by Crippen LogP contribution is -2.09. The first kappa shape index (κ1) is 17.1. The van der Waals surface area contributed by atoms with Crippen molar-refractivity contribution in [2.45, 2.75) is 11.8 Å². The Hall–Kier alpha value is -2.73. The molecule has 0 saturated heterocycles. The molecule has 0 aliphatic heterocycles. The number of aromatic amines is 1. The molecule has 0 radical (unpaired) electrons. The Balaban J connectivity index is 1.91. The Morgan fingerprint density at radius 2 is 1.92 bits per heavy atom. The molecule has 3 rings (SSSR count). The average Bonchev–Trinajstić information content (AvgIpc) is 3.04. The van der Waals surface area contributed by atoms with Crippen molar-refractivity contribution in [2.24, 2.45) is 0 Å². The van der Waals surface area contributed by atoms with Crippen LogP contribution in [0, 0.1) is 6.92 Å². The Morgan fingerprint density at radius 1 is 1.20 bits per heavy atom. The molecule has 0 aliphatic rings. The number of aliphatic hydroxyl groups is 1. The van der Waals surface area contributed by atoms with E-state index in [0.29, 0.717) is 5.82 Å². The number of methoxy groups -OCH3 is 1. The molecule has 25 heavy (non-hydrogen) atoms. The minimum atomic E-state index is -0.624. The number of esters is 1. The first-order valence-corrected chi connectivity index (χ1v) is 8.72. The molecular weight excluding hydrogens is 336 g/mol. The maximum atomic E-state index is 12.2. The number of para-hydroxylation sites is 2. The van der Waals surface area contributed by atoms with Gasteiger partial charge in [-0.1, -0.05) is 29.8 Å². The van der Waals surface area contributed by atoms with Crippen molar-refractivity contribution in [2.75, 3.05) is 12.9 Å². The summed E-state index contributed by atoms with van der Waals surface area (Å²) >= 11 is 1.44. The van der Waals surface area contributed by atoms with E-state index in [-0.39, 0.29) is 17.1 Å². The largest absolute Gasteiger partial charge is 0.510 e. The van der Waals surface area contributed by atoms with Gasteiger partial charge in [0.1, 0.15) is 17.2 Å². The second-order valence-corrected chi connectivity index (χ2v) is 6.57. The monoisotopic (exact) mass is 354 g/mol. The Morgan fingerprint density at radius 3 is 2.60 bits per heavy atom. The molecule has 6 heteroatoms. The van der Waals surface area contributed by atoms with Crippen LogP contribution in [-0.2, 0) is 9.53 Å². The number of hydrogen-bond donors (Lipinski definition) is 2. The van der Waals surface area contributed by atoms with Gasteiger partial charge < -0.3 is 14.8 Å². The lowest BCUT2D eigenvalue weighted by atomic mass is 10.2. The quantitative estimate of drug-likeness (QED) is 0.312. The number of benzene rings is 2. The summed E-state index contributed by atoms with van der Waals surface area (Å²) in [4.78, 5) is 20.6. The molecule has 0 saturated carbocycles. The van der Waals surface area contributed by atoms with Gasteiger partial charge in [-0.3, -0.25) is 0 Å². The number of fused-ring (bicyclic) bond motifs is 1. The summed E-state index contributed by atoms with van der Waals surface area (Å²) in [7, 11) is 1.28. The molecule has 0 atom stereocenters. The number of hydrogen-bond acceptors (Lipinski definition) is 5. The Bertz CT molecular complexity index is 896. The topological polar surface area (TPSA) is 75.2 Å². The molecule has 0 bridgehead atoms. The summed E-state index contributed by atoms with van der Waals surface area (Å²) in [6.45, 7) is 2.02. The number of aliphatic hydroxyl groups excluding tert-OH is 1. The number of carbonyl (C=O) groups is 1. The number of rotatable bonds is 5. The molecule has 2 N–H and O–H groups in total. The van der Waals surface area contributed by atoms with Gasteiger partial charge in [0.25, 0.3) is 0 Å². The maximum Gasteiger partial charge on any atom is 0.345 e. The number of thioether (sulfide) groups is 1. The van der Waals surface area contributed by atoms with Crippen molar-refractivity contribution in [1.29, 1.82) is 0 Å². The third kappa shape index (κ3) is 3.85. The Labute approximate surface area is 149 Å². The van der Waals surface area contributed by atoms with E-state index in [1.807, 2.05) is 55.5 Å². The van der Waals surface area contributed by atoms with Gasteiger partial charge in [0.05, 0.1) is 23.9 Å². The zero-order valence-corrected chi connectivity index (χ0v) is 14.8. The van der Waals surface area contributed by atoms with Crippen molar-refractivity contribution in [3.63, 3.8) is 0 Å². The van der Waals surface area contributed by atoms with E-state index >= 15 is 0 Å². The number of nitrogens with zero attached hydrogens (tertiary/aromatic N) is 1. The van der Waals surface area contributed by atoms with Crippen LogP contribution in [0.1, 0.15) is 11.4 Å². The van der Waals surface area contributed by atoms with Crippen LogP contribution in [0.25, 0.3) is 16.6 Å². The van der Waals surface area contributed by atoms with Crippen molar-refractivity contribution in [3.05, 3.63) is 65.7 Å². The highest BCUT2D eigenvalue weighted by Gasteiger charge is 2.22. The minimum absolute atomic E-state index is 0.0540. The normalized spacial score (nSPS) is 12.1. The molecule has 0 fully saturated rings. The van der Waals surface area contributed by atoms with E-state index in [9.17, 15) is 9.90 Å². The zero-order chi connectivity index (χ0) is 17.8. The average molecular weight is 354 g/mol. The van der Waals surface area contributed by atoms with E-state index in [1.165, 1.54) is 24.4 Å². The predicted octanol–water partition coefficient (Wildman–Crippen LogP) is 4.11. The predicted molar refractivity (Wildman–Crippen MR) is 99.6 cm³/mol. The third-order valence-electron chi connectivity index (χ3n) is 3.70. The molecule has 0 spiro atoms. The molecular formula is C19H18N2O3S. The van der Waals surface area contributed by atoms with E-state index < -0.39 is 5.97 Å². The molecule has 5 nitrogen and oxygen atoms in total. The zero-order valence-electron chi connectivity index (χ0n) is 13.9. The van der Waals surface area contributed by atoms with Gasteiger partial charge >= 0.3 is 5.97 Å². The fraction of sp³-hybridized carbons (Fsp3) is 0.158. The fourth-order valence-electron chi connectivity index (χ4n) is 2.38. The van der Waals surface area contributed by atoms with E-state index in [4.69, 9.17) is 4.74 Å². The van der Waals surface area contributed by atoms with Crippen molar-refractivity contribution in [1.82, 2.24) is 9.97 Å². The summed E-state index contributed by atoms with van der Waals surface area (Å²) in [6, 6.07) is 15.4. The van der Waals surface area contributed by atoms with Crippen LogP contribution >= 0.6 is 11.8 Å². The summed E-state index contributed by atoms with van der Waals surface area (Å²) < 4.78 is 4.83. The van der Waals surface area contributed by atoms with Gasteiger partial charge in [0, 0.05) is 4.90 Å². The van der Waals surface area contributed by atoms with E-state index in [1.54, 1.807) is 0 Å². The van der Waals surface area contributed by atoms with Crippen LogP contribution in [0.2, 0.25) is 0 Å². The number of nitrogens with one attached hydrogen (secondary N) is 1. The van der Waals surface area contributed by atoms with Gasteiger partial charge in [-0.2, -0.15) is 0 Å². The van der Waals surface area contributed by atoms with Crippen LogP contribution in [0.15, 0.2) is 59.2 Å². The number of ether oxygens (including phenoxy) is 1. The van der Waals surface area contributed by atoms with Crippen LogP contribution in [0.3, 0.4) is 0 Å². The molecule has 128 valence electrons. The summed E-state index contributed by atoms with van der Waals surface area (Å²) in [5.41, 5.74) is 2.73. The third-order valence-corrected chi connectivity index (χ3v) is 4.72. The van der Waals surface area contributed by atoms with Crippen LogP contribution < -0.4 is 0 Å². The lowest BCUT2D eigenvalue weighted by molar-refractivity contribution is -0.133. The van der Waals surface area contributed by atoms with Gasteiger partial charge in [-0.25, -0.2) is 9.78 Å². The van der Waals surface area contributed by atoms with Crippen LogP contribution in [0.4, 0.5) is 0 Å². The number of imidazole rings is 1. The smallest absolute Gasteiger partial charge is 0.345 e. The number of H-pyrrole nitrogens is 1. The first-order chi connectivity index (χ1) is 12.1. The Kier molecular flexibility index (Phi) is 5.09. The van der Waals surface area contributed by atoms with Crippen LogP contribution in [-0.4, -0.2) is 33.9 Å². The van der Waals surface area contributed by atoms with Gasteiger partial charge in [-0.15, -0.1) is 11.8 Å². The summed E-state index contributed by atoms with van der Waals surface area (Å²) in [5.74, 6) is -0.155. The summed E-state index contributed by atoms with van der Waals surface area (Å²) in [6.07, 6.45) is 0. The van der Waals surface area contributed by atoms with E-state index in [0.717, 1.165) is 15.9 Å². The van der Waals surface area contributed by atoms with Crippen LogP contribution in [0.5, 0.6) is 0 Å². The highest BCUT2D eigenvalue weighted by Crippen LogP contribution is 2.25. The second kappa shape index (κ2) is 7.44. The van der Waals surface area contributed by atoms with Crippen molar-refractivity contribution in [3.8, 4) is 0 Å². The lowest BCUT2D eigenvalue weighted by Gasteiger charge is -2.07. The van der Waals surface area contributed by atoms with E-state index in [2.05, 4.69) is 9.97 Å². The highest BCUT2D eigenvalue weighted by atomic mass is 32.2. The van der Waals surface area contributed by atoms with Crippen molar-refractivity contribution >= 4 is 34.3 Å². The number of aromatic nitrogens is 2. The molecule has 2 aromatic carbocycles. The second-order valence-electron chi connectivity index (χ2n) is 5.52.